The lowest BCUT2D eigenvalue weighted by atomic mass is 10.0. The Morgan fingerprint density at radius 3 is 3.18 bits per heavy atom. The summed E-state index contributed by atoms with van der Waals surface area (Å²) in [6.07, 6.45) is 0.537. The van der Waals surface area contributed by atoms with Gasteiger partial charge in [0.15, 0.2) is 0 Å². The van der Waals surface area contributed by atoms with Crippen LogP contribution in [0.5, 0.6) is 0 Å². The number of nitrogens with zero attached hydrogens (tertiary/aromatic N) is 1. The number of hydrogen-bond donors (Lipinski definition) is 1. The lowest BCUT2D eigenvalue weighted by Crippen LogP contribution is -2.31. The van der Waals surface area contributed by atoms with Gasteiger partial charge in [0.1, 0.15) is 0 Å². The first kappa shape index (κ1) is 10.7. The van der Waals surface area contributed by atoms with Gasteiger partial charge in [-0.25, -0.2) is 4.98 Å². The molecule has 2 aromatic rings. The van der Waals surface area contributed by atoms with Crippen LogP contribution in [0.3, 0.4) is 0 Å². The Labute approximate surface area is 103 Å². The molecule has 1 aromatic carbocycles. The highest BCUT2D eigenvalue weighted by atomic mass is 32.1. The molecule has 1 amide bonds. The Bertz CT molecular complexity index is 548. The highest BCUT2D eigenvalue weighted by molar-refractivity contribution is 7.16. The first-order chi connectivity index (χ1) is 8.31. The van der Waals surface area contributed by atoms with Crippen molar-refractivity contribution in [2.24, 2.45) is 5.92 Å². The second kappa shape index (κ2) is 4.43. The van der Waals surface area contributed by atoms with Gasteiger partial charge in [-0.3, -0.25) is 4.79 Å². The number of nitrogens with one attached hydrogen (secondary N) is 1. The summed E-state index contributed by atoms with van der Waals surface area (Å²) in [4.78, 5) is 15.9. The van der Waals surface area contributed by atoms with Crippen molar-refractivity contribution >= 4 is 33.1 Å². The number of anilines is 1. The van der Waals surface area contributed by atoms with Crippen LogP contribution >= 0.6 is 11.3 Å². The molecule has 5 heteroatoms. The van der Waals surface area contributed by atoms with E-state index in [1.165, 1.54) is 0 Å². The van der Waals surface area contributed by atoms with Gasteiger partial charge < -0.3 is 10.1 Å². The predicted octanol–water partition coefficient (Wildman–Crippen LogP) is 2.27. The molecule has 4 nitrogen and oxygen atoms in total. The summed E-state index contributed by atoms with van der Waals surface area (Å²) in [7, 11) is 0. The fourth-order valence-electron chi connectivity index (χ4n) is 1.81. The van der Waals surface area contributed by atoms with E-state index in [2.05, 4.69) is 10.3 Å². The van der Waals surface area contributed by atoms with E-state index in [9.17, 15) is 4.79 Å². The van der Waals surface area contributed by atoms with E-state index in [0.29, 0.717) is 25.6 Å². The van der Waals surface area contributed by atoms with Crippen LogP contribution in [0.1, 0.15) is 6.42 Å². The number of hydrogen-bond acceptors (Lipinski definition) is 4. The molecule has 17 heavy (non-hydrogen) atoms. The maximum atomic E-state index is 11.7. The lowest BCUT2D eigenvalue weighted by molar-refractivity contribution is -0.121. The smallest absolute Gasteiger partial charge is 0.224 e. The minimum absolute atomic E-state index is 0.0490. The van der Waals surface area contributed by atoms with E-state index >= 15 is 0 Å². The van der Waals surface area contributed by atoms with Crippen LogP contribution in [0, 0.1) is 5.92 Å². The second-order valence-electron chi connectivity index (χ2n) is 4.19. The van der Waals surface area contributed by atoms with Crippen molar-refractivity contribution in [1.29, 1.82) is 0 Å². The summed E-state index contributed by atoms with van der Waals surface area (Å²) in [5, 5.41) is 2.89. The zero-order valence-electron chi connectivity index (χ0n) is 9.18. The molecule has 0 bridgehead atoms. The van der Waals surface area contributed by atoms with E-state index in [1.54, 1.807) is 11.3 Å². The molecule has 1 saturated heterocycles. The second-order valence-corrected chi connectivity index (χ2v) is 5.08. The van der Waals surface area contributed by atoms with Crippen LogP contribution in [0.4, 0.5) is 5.69 Å². The normalized spacial score (nSPS) is 15.8. The highest BCUT2D eigenvalue weighted by Gasteiger charge is 2.21. The third-order valence-electron chi connectivity index (χ3n) is 2.80. The van der Waals surface area contributed by atoms with Crippen molar-refractivity contribution in [1.82, 2.24) is 4.98 Å². The number of benzene rings is 1. The highest BCUT2D eigenvalue weighted by Crippen LogP contribution is 2.22. The largest absolute Gasteiger partial charge is 0.381 e. The van der Waals surface area contributed by atoms with Gasteiger partial charge in [-0.2, -0.15) is 0 Å². The molecule has 1 fully saturated rings. The van der Waals surface area contributed by atoms with Crippen molar-refractivity contribution < 1.29 is 9.53 Å². The quantitative estimate of drug-likeness (QED) is 0.906. The minimum Gasteiger partial charge on any atom is -0.381 e. The van der Waals surface area contributed by atoms with Crippen molar-refractivity contribution in [2.45, 2.75) is 6.42 Å². The summed E-state index contributed by atoms with van der Waals surface area (Å²) < 4.78 is 6.18. The standard InChI is InChI=1S/C12H12N2O2S/c15-12(3-8-5-16-6-8)14-9-1-2-11-10(4-9)13-7-17-11/h1-2,4,7-8H,3,5-6H2,(H,14,15). The molecule has 0 unspecified atom stereocenters. The molecule has 1 aromatic heterocycles. The number of rotatable bonds is 3. The van der Waals surface area contributed by atoms with Crippen LogP contribution in [0.15, 0.2) is 23.7 Å². The molecule has 0 saturated carbocycles. The first-order valence-corrected chi connectivity index (χ1v) is 6.40. The maximum absolute atomic E-state index is 11.7. The molecule has 1 aliphatic heterocycles. The van der Waals surface area contributed by atoms with Crippen LogP contribution in [0.2, 0.25) is 0 Å². The molecule has 88 valence electrons. The Balaban J connectivity index is 1.68. The van der Waals surface area contributed by atoms with E-state index < -0.39 is 0 Å². The number of aromatic nitrogens is 1. The van der Waals surface area contributed by atoms with Crippen LogP contribution in [-0.2, 0) is 9.53 Å². The maximum Gasteiger partial charge on any atom is 0.224 e. The number of thiazole rings is 1. The zero-order valence-corrected chi connectivity index (χ0v) is 10.00. The Morgan fingerprint density at radius 2 is 2.41 bits per heavy atom. The van der Waals surface area contributed by atoms with Crippen molar-refractivity contribution in [3.63, 3.8) is 0 Å². The number of ether oxygens (including phenoxy) is 1. The van der Waals surface area contributed by atoms with Gasteiger partial charge >= 0.3 is 0 Å². The van der Waals surface area contributed by atoms with Gasteiger partial charge in [-0.15, -0.1) is 11.3 Å². The first-order valence-electron chi connectivity index (χ1n) is 5.52. The molecule has 0 spiro atoms. The molecule has 0 radical (unpaired) electrons. The summed E-state index contributed by atoms with van der Waals surface area (Å²) in [5.74, 6) is 0.436. The number of amides is 1. The molecular weight excluding hydrogens is 236 g/mol. The fourth-order valence-corrected chi connectivity index (χ4v) is 2.47. The monoisotopic (exact) mass is 248 g/mol. The molecular formula is C12H12N2O2S. The Hall–Kier alpha value is -1.46. The molecule has 2 heterocycles. The number of carbonyl (C=O) groups is 1. The molecule has 1 aliphatic rings. The van der Waals surface area contributed by atoms with Gasteiger partial charge in [0, 0.05) is 18.0 Å². The van der Waals surface area contributed by atoms with E-state index in [1.807, 2.05) is 23.7 Å². The van der Waals surface area contributed by atoms with Gasteiger partial charge in [-0.05, 0) is 18.2 Å². The number of carbonyl (C=O) groups excluding carboxylic acids is 1. The molecule has 0 aliphatic carbocycles. The van der Waals surface area contributed by atoms with Crippen LogP contribution < -0.4 is 5.32 Å². The zero-order chi connectivity index (χ0) is 11.7. The lowest BCUT2D eigenvalue weighted by Gasteiger charge is -2.25. The number of fused-ring (bicyclic) bond motifs is 1. The summed E-state index contributed by atoms with van der Waals surface area (Å²) in [6.45, 7) is 1.41. The summed E-state index contributed by atoms with van der Waals surface area (Å²) in [6, 6.07) is 5.80. The Morgan fingerprint density at radius 1 is 1.53 bits per heavy atom. The van der Waals surface area contributed by atoms with Crippen LogP contribution in [-0.4, -0.2) is 24.1 Å². The van der Waals surface area contributed by atoms with Gasteiger partial charge in [-0.1, -0.05) is 0 Å². The fraction of sp³-hybridized carbons (Fsp3) is 0.333. The third kappa shape index (κ3) is 2.30. The summed E-state index contributed by atoms with van der Waals surface area (Å²) >= 11 is 1.60. The molecule has 3 rings (SSSR count). The minimum atomic E-state index is 0.0490. The van der Waals surface area contributed by atoms with Crippen molar-refractivity contribution in [3.05, 3.63) is 23.7 Å². The van der Waals surface area contributed by atoms with Gasteiger partial charge in [0.2, 0.25) is 5.91 Å². The van der Waals surface area contributed by atoms with Crippen LogP contribution in [0.25, 0.3) is 10.2 Å². The average molecular weight is 248 g/mol. The third-order valence-corrected chi connectivity index (χ3v) is 3.61. The van der Waals surface area contributed by atoms with E-state index in [-0.39, 0.29) is 5.91 Å². The molecule has 0 atom stereocenters. The topological polar surface area (TPSA) is 51.2 Å². The van der Waals surface area contributed by atoms with E-state index in [4.69, 9.17) is 4.74 Å². The molecule has 1 N–H and O–H groups in total. The van der Waals surface area contributed by atoms with Crippen molar-refractivity contribution in [3.8, 4) is 0 Å². The van der Waals surface area contributed by atoms with E-state index in [0.717, 1.165) is 15.9 Å². The Kier molecular flexibility index (Phi) is 2.78. The van der Waals surface area contributed by atoms with Gasteiger partial charge in [0.05, 0.1) is 28.9 Å². The summed E-state index contributed by atoms with van der Waals surface area (Å²) in [5.41, 5.74) is 3.55. The van der Waals surface area contributed by atoms with Crippen molar-refractivity contribution in [2.75, 3.05) is 18.5 Å². The SMILES string of the molecule is O=C(CC1COC1)Nc1ccc2scnc2c1. The van der Waals surface area contributed by atoms with Gasteiger partial charge in [0.25, 0.3) is 0 Å². The average Bonchev–Trinajstić information content (AvgIpc) is 2.71. The predicted molar refractivity (Wildman–Crippen MR) is 67.2 cm³/mol.